The first-order valence-electron chi connectivity index (χ1n) is 6.46. The maximum atomic E-state index is 12.1. The summed E-state index contributed by atoms with van der Waals surface area (Å²) in [6, 6.07) is 5.46. The maximum Gasteiger partial charge on any atom is 0.408 e. The Bertz CT molecular complexity index is 445. The maximum absolute atomic E-state index is 12.1. The summed E-state index contributed by atoms with van der Waals surface area (Å²) in [6.45, 7) is 8.42. The predicted octanol–water partition coefficient (Wildman–Crippen LogP) is 3.12. The lowest BCUT2D eigenvalue weighted by Crippen LogP contribution is -2.41. The molecule has 1 aromatic rings. The lowest BCUT2D eigenvalue weighted by atomic mass is 10.2. The molecule has 0 spiro atoms. The van der Waals surface area contributed by atoms with Gasteiger partial charge in [-0.05, 0) is 46.8 Å². The Labute approximate surface area is 124 Å². The van der Waals surface area contributed by atoms with E-state index in [1.807, 2.05) is 6.92 Å². The Morgan fingerprint density at radius 3 is 2.05 bits per heavy atom. The molecule has 6 heteroatoms. The van der Waals surface area contributed by atoms with E-state index in [0.717, 1.165) is 5.56 Å². The van der Waals surface area contributed by atoms with Crippen LogP contribution in [0, 0.1) is 12.7 Å². The quantitative estimate of drug-likeness (QED) is 0.879. The molecule has 0 saturated carbocycles. The lowest BCUT2D eigenvalue weighted by Gasteiger charge is -2.20. The number of halogens is 1. The molecule has 1 aromatic carbocycles. The van der Waals surface area contributed by atoms with E-state index < -0.39 is 23.7 Å². The summed E-state index contributed by atoms with van der Waals surface area (Å²) in [5.74, 6) is -1.26. The van der Waals surface area contributed by atoms with Crippen LogP contribution in [0.1, 0.15) is 33.3 Å². The van der Waals surface area contributed by atoms with Crippen molar-refractivity contribution in [2.45, 2.75) is 46.3 Å². The largest absolute Gasteiger partial charge is 0.480 e. The molecule has 0 aromatic heterocycles. The van der Waals surface area contributed by atoms with Crippen LogP contribution in [-0.4, -0.2) is 28.8 Å². The van der Waals surface area contributed by atoms with Crippen molar-refractivity contribution in [3.63, 3.8) is 0 Å². The molecule has 1 atom stereocenters. The van der Waals surface area contributed by atoms with Crippen LogP contribution < -0.4 is 5.32 Å². The van der Waals surface area contributed by atoms with Crippen LogP contribution in [0.3, 0.4) is 0 Å². The molecule has 2 N–H and O–H groups in total. The van der Waals surface area contributed by atoms with Crippen LogP contribution in [0.2, 0.25) is 0 Å². The van der Waals surface area contributed by atoms with Crippen molar-refractivity contribution in [2.24, 2.45) is 0 Å². The van der Waals surface area contributed by atoms with E-state index in [1.165, 1.54) is 19.1 Å². The van der Waals surface area contributed by atoms with Gasteiger partial charge in [0.1, 0.15) is 17.5 Å². The molecule has 5 nitrogen and oxygen atoms in total. The molecule has 0 heterocycles. The highest BCUT2D eigenvalue weighted by Gasteiger charge is 2.20. The molecule has 0 bridgehead atoms. The zero-order valence-corrected chi connectivity index (χ0v) is 12.9. The van der Waals surface area contributed by atoms with Gasteiger partial charge in [0.2, 0.25) is 0 Å². The SMILES string of the molecule is CC(NC(=O)OC(C)(C)C)C(=O)O.Cc1ccc(F)cc1. The van der Waals surface area contributed by atoms with Gasteiger partial charge < -0.3 is 15.2 Å². The van der Waals surface area contributed by atoms with Gasteiger partial charge in [0.15, 0.2) is 0 Å². The molecule has 0 saturated heterocycles. The van der Waals surface area contributed by atoms with Crippen molar-refractivity contribution < 1.29 is 23.8 Å². The number of benzene rings is 1. The number of rotatable bonds is 2. The van der Waals surface area contributed by atoms with E-state index in [9.17, 15) is 14.0 Å². The fourth-order valence-electron chi connectivity index (χ4n) is 1.08. The van der Waals surface area contributed by atoms with Gasteiger partial charge in [-0.2, -0.15) is 0 Å². The molecule has 0 fully saturated rings. The van der Waals surface area contributed by atoms with E-state index in [4.69, 9.17) is 9.84 Å². The summed E-state index contributed by atoms with van der Waals surface area (Å²) >= 11 is 0. The summed E-state index contributed by atoms with van der Waals surface area (Å²) in [7, 11) is 0. The number of amides is 1. The second-order valence-electron chi connectivity index (χ2n) is 5.50. The molecule has 1 rings (SSSR count). The predicted molar refractivity (Wildman–Crippen MR) is 77.6 cm³/mol. The van der Waals surface area contributed by atoms with Crippen LogP contribution >= 0.6 is 0 Å². The van der Waals surface area contributed by atoms with E-state index >= 15 is 0 Å². The highest BCUT2D eigenvalue weighted by atomic mass is 19.1. The van der Waals surface area contributed by atoms with Crippen LogP contribution in [-0.2, 0) is 9.53 Å². The molecule has 0 aliphatic heterocycles. The van der Waals surface area contributed by atoms with Crippen LogP contribution in [0.5, 0.6) is 0 Å². The van der Waals surface area contributed by atoms with Gasteiger partial charge in [-0.3, -0.25) is 4.79 Å². The number of carboxylic acid groups (broad SMARTS) is 1. The highest BCUT2D eigenvalue weighted by Crippen LogP contribution is 2.06. The van der Waals surface area contributed by atoms with Crippen molar-refractivity contribution in [2.75, 3.05) is 0 Å². The zero-order chi connectivity index (χ0) is 16.6. The average molecular weight is 299 g/mol. The number of carboxylic acids is 1. The van der Waals surface area contributed by atoms with Gasteiger partial charge in [0.05, 0.1) is 0 Å². The van der Waals surface area contributed by atoms with Crippen LogP contribution in [0.4, 0.5) is 9.18 Å². The number of nitrogens with one attached hydrogen (secondary N) is 1. The Kier molecular flexibility index (Phi) is 7.41. The van der Waals surface area contributed by atoms with Crippen molar-refractivity contribution in [3.8, 4) is 0 Å². The number of carbonyl (C=O) groups excluding carboxylic acids is 1. The standard InChI is InChI=1S/C8H15NO4.C7H7F/c1-5(6(10)11)9-7(12)13-8(2,3)4;1-6-2-4-7(8)5-3-6/h5H,1-4H3,(H,9,12)(H,10,11);2-5H,1H3. The normalized spacial score (nSPS) is 11.7. The number of hydrogen-bond acceptors (Lipinski definition) is 3. The number of carbonyl (C=O) groups is 2. The first-order valence-corrected chi connectivity index (χ1v) is 6.46. The molecular formula is C15H22FNO4. The third kappa shape index (κ3) is 10.4. The van der Waals surface area contributed by atoms with Gasteiger partial charge in [-0.25, -0.2) is 9.18 Å². The zero-order valence-electron chi connectivity index (χ0n) is 12.9. The van der Waals surface area contributed by atoms with E-state index in [0.29, 0.717) is 0 Å². The molecule has 1 unspecified atom stereocenters. The van der Waals surface area contributed by atoms with Crippen molar-refractivity contribution in [1.82, 2.24) is 5.32 Å². The number of alkyl carbamates (subject to hydrolysis) is 1. The fraction of sp³-hybridized carbons (Fsp3) is 0.467. The minimum Gasteiger partial charge on any atom is -0.480 e. The van der Waals surface area contributed by atoms with Gasteiger partial charge in [-0.1, -0.05) is 17.7 Å². The topological polar surface area (TPSA) is 75.6 Å². The first kappa shape index (κ1) is 18.9. The molecule has 118 valence electrons. The van der Waals surface area contributed by atoms with E-state index in [2.05, 4.69) is 5.32 Å². The molecule has 0 radical (unpaired) electrons. The summed E-state index contributed by atoms with van der Waals surface area (Å²) in [5.41, 5.74) is 0.480. The number of ether oxygens (including phenoxy) is 1. The van der Waals surface area contributed by atoms with Gasteiger partial charge in [0, 0.05) is 0 Å². The molecule has 21 heavy (non-hydrogen) atoms. The van der Waals surface area contributed by atoms with Gasteiger partial charge in [-0.15, -0.1) is 0 Å². The summed E-state index contributed by atoms with van der Waals surface area (Å²) in [5, 5.41) is 10.6. The Morgan fingerprint density at radius 1 is 1.24 bits per heavy atom. The minimum absolute atomic E-state index is 0.171. The smallest absolute Gasteiger partial charge is 0.408 e. The van der Waals surface area contributed by atoms with Crippen LogP contribution in [0.15, 0.2) is 24.3 Å². The average Bonchev–Trinajstić information content (AvgIpc) is 2.31. The second kappa shape index (κ2) is 8.24. The lowest BCUT2D eigenvalue weighted by molar-refractivity contribution is -0.139. The number of aliphatic carboxylic acids is 1. The Morgan fingerprint density at radius 2 is 1.71 bits per heavy atom. The summed E-state index contributed by atoms with van der Waals surface area (Å²) in [6.07, 6.45) is -0.720. The Balaban J connectivity index is 0.000000423. The monoisotopic (exact) mass is 299 g/mol. The Hall–Kier alpha value is -2.11. The fourth-order valence-corrected chi connectivity index (χ4v) is 1.08. The van der Waals surface area contributed by atoms with E-state index in [1.54, 1.807) is 32.9 Å². The van der Waals surface area contributed by atoms with Crippen molar-refractivity contribution in [3.05, 3.63) is 35.6 Å². The summed E-state index contributed by atoms with van der Waals surface area (Å²) in [4.78, 5) is 21.3. The molecule has 0 aliphatic carbocycles. The van der Waals surface area contributed by atoms with Crippen molar-refractivity contribution >= 4 is 12.1 Å². The first-order chi connectivity index (χ1) is 9.51. The molecule has 1 amide bonds. The summed E-state index contributed by atoms with van der Waals surface area (Å²) < 4.78 is 16.9. The van der Waals surface area contributed by atoms with Crippen LogP contribution in [0.25, 0.3) is 0 Å². The van der Waals surface area contributed by atoms with E-state index in [-0.39, 0.29) is 5.82 Å². The molecule has 0 aliphatic rings. The van der Waals surface area contributed by atoms with Crippen molar-refractivity contribution in [1.29, 1.82) is 0 Å². The second-order valence-corrected chi connectivity index (χ2v) is 5.50. The molecular weight excluding hydrogens is 277 g/mol. The van der Waals surface area contributed by atoms with Gasteiger partial charge in [0.25, 0.3) is 0 Å². The van der Waals surface area contributed by atoms with Gasteiger partial charge >= 0.3 is 12.1 Å². The highest BCUT2D eigenvalue weighted by molar-refractivity contribution is 5.79. The minimum atomic E-state index is -1.09. The third-order valence-corrected chi connectivity index (χ3v) is 2.11. The number of hydrogen-bond donors (Lipinski definition) is 2. The number of aryl methyl sites for hydroxylation is 1. The third-order valence-electron chi connectivity index (χ3n) is 2.11.